The second kappa shape index (κ2) is 6.16. The molecule has 0 aliphatic carbocycles. The summed E-state index contributed by atoms with van der Waals surface area (Å²) in [7, 11) is 1.58. The summed E-state index contributed by atoms with van der Waals surface area (Å²) < 4.78 is 1.77. The molecule has 0 aromatic carbocycles. The molecule has 16 heavy (non-hydrogen) atoms. The molecule has 6 nitrogen and oxygen atoms in total. The Hall–Kier alpha value is -1.50. The lowest BCUT2D eigenvalue weighted by molar-refractivity contribution is -0.134. The van der Waals surface area contributed by atoms with Crippen LogP contribution in [0.2, 0.25) is 0 Å². The van der Waals surface area contributed by atoms with E-state index in [1.807, 2.05) is 0 Å². The average molecular weight is 243 g/mol. The van der Waals surface area contributed by atoms with E-state index >= 15 is 0 Å². The summed E-state index contributed by atoms with van der Waals surface area (Å²) in [6.45, 7) is 0.502. The fraction of sp³-hybridized carbons (Fsp3) is 0.444. The zero-order chi connectivity index (χ0) is 12.0. The number of carbonyl (C=O) groups is 2. The van der Waals surface area contributed by atoms with Gasteiger partial charge in [0.15, 0.2) is 5.16 Å². The summed E-state index contributed by atoms with van der Waals surface area (Å²) in [5, 5.41) is 11.7. The van der Waals surface area contributed by atoms with E-state index in [9.17, 15) is 9.59 Å². The zero-order valence-electron chi connectivity index (χ0n) is 8.84. The van der Waals surface area contributed by atoms with Gasteiger partial charge in [-0.25, -0.2) is 4.98 Å². The van der Waals surface area contributed by atoms with Crippen LogP contribution in [0.5, 0.6) is 0 Å². The van der Waals surface area contributed by atoms with Crippen LogP contribution in [0.25, 0.3) is 0 Å². The molecule has 0 aliphatic heterocycles. The largest absolute Gasteiger partial charge is 0.481 e. The van der Waals surface area contributed by atoms with E-state index < -0.39 is 5.97 Å². The Labute approximate surface area is 97.1 Å². The van der Waals surface area contributed by atoms with Gasteiger partial charge < -0.3 is 15.0 Å². The molecule has 1 heterocycles. The highest BCUT2D eigenvalue weighted by Gasteiger charge is 2.07. The smallest absolute Gasteiger partial charge is 0.313 e. The lowest BCUT2D eigenvalue weighted by Crippen LogP contribution is -2.19. The highest BCUT2D eigenvalue weighted by molar-refractivity contribution is 7.99. The minimum absolute atomic E-state index is 0.0308. The van der Waals surface area contributed by atoms with Crippen LogP contribution in [0.1, 0.15) is 6.42 Å². The van der Waals surface area contributed by atoms with Crippen LogP contribution in [0.4, 0.5) is 0 Å². The molecule has 0 atom stereocenters. The monoisotopic (exact) mass is 243 g/mol. The number of nitrogens with zero attached hydrogens (tertiary/aromatic N) is 2. The molecule has 0 radical (unpaired) electrons. The van der Waals surface area contributed by atoms with E-state index in [1.165, 1.54) is 0 Å². The quantitative estimate of drug-likeness (QED) is 0.697. The number of aliphatic carboxylic acids is 1. The van der Waals surface area contributed by atoms with Gasteiger partial charge in [0.25, 0.3) is 0 Å². The minimum atomic E-state index is -0.883. The first-order valence-electron chi connectivity index (χ1n) is 4.69. The first kappa shape index (κ1) is 12.6. The van der Waals surface area contributed by atoms with Crippen LogP contribution in [-0.4, -0.2) is 39.3 Å². The van der Waals surface area contributed by atoms with Crippen molar-refractivity contribution in [2.75, 3.05) is 12.8 Å². The molecule has 2 N–H and O–H groups in total. The van der Waals surface area contributed by atoms with Crippen molar-refractivity contribution in [2.45, 2.75) is 18.1 Å². The summed E-state index contributed by atoms with van der Waals surface area (Å²) in [6, 6.07) is 0. The van der Waals surface area contributed by atoms with Gasteiger partial charge in [-0.2, -0.15) is 0 Å². The second-order valence-electron chi connectivity index (χ2n) is 3.01. The Kier molecular flexibility index (Phi) is 4.84. The number of carbonyl (C=O) groups excluding carboxylic acids is 1. The molecular formula is C9H13N3O3S. The molecule has 1 aromatic rings. The van der Waals surface area contributed by atoms with Crippen LogP contribution in [-0.2, 0) is 16.1 Å². The van der Waals surface area contributed by atoms with Gasteiger partial charge in [-0.1, -0.05) is 11.8 Å². The molecule has 1 rings (SSSR count). The highest BCUT2D eigenvalue weighted by atomic mass is 32.2. The Bertz CT molecular complexity index is 378. The number of imidazole rings is 1. The summed E-state index contributed by atoms with van der Waals surface area (Å²) in [4.78, 5) is 25.5. The third-order valence-corrected chi connectivity index (χ3v) is 2.85. The molecule has 1 amide bonds. The molecule has 7 heteroatoms. The van der Waals surface area contributed by atoms with E-state index in [0.717, 1.165) is 11.8 Å². The maximum atomic E-state index is 11.0. The van der Waals surface area contributed by atoms with Crippen LogP contribution in [0, 0.1) is 0 Å². The maximum Gasteiger partial charge on any atom is 0.313 e. The van der Waals surface area contributed by atoms with Crippen molar-refractivity contribution < 1.29 is 14.7 Å². The summed E-state index contributed by atoms with van der Waals surface area (Å²) in [6.07, 6.45) is 3.68. The van der Waals surface area contributed by atoms with Crippen LogP contribution in [0.15, 0.2) is 17.6 Å². The van der Waals surface area contributed by atoms with Gasteiger partial charge in [0.2, 0.25) is 5.91 Å². The summed E-state index contributed by atoms with van der Waals surface area (Å²) in [5.74, 6) is -0.967. The normalized spacial score (nSPS) is 10.1. The SMILES string of the molecule is CNC(=O)CCn1ccnc1SCC(=O)O. The van der Waals surface area contributed by atoms with Crippen molar-refractivity contribution in [1.82, 2.24) is 14.9 Å². The van der Waals surface area contributed by atoms with Crippen LogP contribution >= 0.6 is 11.8 Å². The van der Waals surface area contributed by atoms with Crippen LogP contribution < -0.4 is 5.32 Å². The zero-order valence-corrected chi connectivity index (χ0v) is 9.66. The highest BCUT2D eigenvalue weighted by Crippen LogP contribution is 2.15. The minimum Gasteiger partial charge on any atom is -0.481 e. The van der Waals surface area contributed by atoms with Gasteiger partial charge in [-0.15, -0.1) is 0 Å². The number of amides is 1. The van der Waals surface area contributed by atoms with E-state index in [1.54, 1.807) is 24.0 Å². The Morgan fingerprint density at radius 3 is 3.00 bits per heavy atom. The van der Waals surface area contributed by atoms with Gasteiger partial charge in [0.05, 0.1) is 5.75 Å². The van der Waals surface area contributed by atoms with Crippen molar-refractivity contribution >= 4 is 23.6 Å². The Morgan fingerprint density at radius 1 is 1.62 bits per heavy atom. The van der Waals surface area contributed by atoms with E-state index in [-0.39, 0.29) is 11.7 Å². The first-order chi connectivity index (χ1) is 7.63. The Morgan fingerprint density at radius 2 is 2.38 bits per heavy atom. The molecule has 0 spiro atoms. The lowest BCUT2D eigenvalue weighted by Gasteiger charge is -2.05. The number of hydrogen-bond donors (Lipinski definition) is 2. The molecule has 0 saturated heterocycles. The third kappa shape index (κ3) is 3.93. The maximum absolute atomic E-state index is 11.0. The fourth-order valence-corrected chi connectivity index (χ4v) is 1.79. The van der Waals surface area contributed by atoms with Crippen molar-refractivity contribution in [3.8, 4) is 0 Å². The van der Waals surface area contributed by atoms with Gasteiger partial charge in [-0.3, -0.25) is 9.59 Å². The Balaban J connectivity index is 2.50. The second-order valence-corrected chi connectivity index (χ2v) is 3.95. The van der Waals surface area contributed by atoms with Crippen molar-refractivity contribution in [2.24, 2.45) is 0 Å². The molecule has 0 fully saturated rings. The fourth-order valence-electron chi connectivity index (χ4n) is 1.08. The number of aryl methyl sites for hydroxylation is 1. The number of hydrogen-bond acceptors (Lipinski definition) is 4. The summed E-state index contributed by atoms with van der Waals surface area (Å²) in [5.41, 5.74) is 0. The number of nitrogens with one attached hydrogen (secondary N) is 1. The standard InChI is InChI=1S/C9H13N3O3S/c1-10-7(13)2-4-12-5-3-11-9(12)16-6-8(14)15/h3,5H,2,4,6H2,1H3,(H,10,13)(H,14,15). The van der Waals surface area contributed by atoms with Crippen LogP contribution in [0.3, 0.4) is 0 Å². The number of rotatable bonds is 6. The predicted molar refractivity (Wildman–Crippen MR) is 59.3 cm³/mol. The van der Waals surface area contributed by atoms with E-state index in [4.69, 9.17) is 5.11 Å². The molecular weight excluding hydrogens is 230 g/mol. The molecule has 0 aliphatic rings. The van der Waals surface area contributed by atoms with Crippen molar-refractivity contribution in [3.05, 3.63) is 12.4 Å². The first-order valence-corrected chi connectivity index (χ1v) is 5.68. The predicted octanol–water partition coefficient (Wildman–Crippen LogP) is 0.196. The van der Waals surface area contributed by atoms with Crippen molar-refractivity contribution in [1.29, 1.82) is 0 Å². The number of thioether (sulfide) groups is 1. The molecule has 0 bridgehead atoms. The van der Waals surface area contributed by atoms with E-state index in [0.29, 0.717) is 18.1 Å². The number of carboxylic acids is 1. The van der Waals surface area contributed by atoms with E-state index in [2.05, 4.69) is 10.3 Å². The van der Waals surface area contributed by atoms with Gasteiger partial charge in [0, 0.05) is 32.4 Å². The number of carboxylic acid groups (broad SMARTS) is 1. The lowest BCUT2D eigenvalue weighted by atomic mass is 10.4. The van der Waals surface area contributed by atoms with Gasteiger partial charge in [0.1, 0.15) is 0 Å². The molecule has 1 aromatic heterocycles. The third-order valence-electron chi connectivity index (χ3n) is 1.86. The summed E-state index contributed by atoms with van der Waals surface area (Å²) >= 11 is 1.14. The average Bonchev–Trinajstić information content (AvgIpc) is 2.70. The molecule has 0 unspecified atom stereocenters. The number of aromatic nitrogens is 2. The van der Waals surface area contributed by atoms with Crippen molar-refractivity contribution in [3.63, 3.8) is 0 Å². The molecule has 0 saturated carbocycles. The molecule has 88 valence electrons. The topological polar surface area (TPSA) is 84.2 Å². The van der Waals surface area contributed by atoms with Gasteiger partial charge >= 0.3 is 5.97 Å². The van der Waals surface area contributed by atoms with Gasteiger partial charge in [-0.05, 0) is 0 Å².